The van der Waals surface area contributed by atoms with E-state index in [9.17, 15) is 9.59 Å². The summed E-state index contributed by atoms with van der Waals surface area (Å²) in [5, 5.41) is 4.09. The molecule has 6 nitrogen and oxygen atoms in total. The number of nitrogens with one attached hydrogen (secondary N) is 1. The van der Waals surface area contributed by atoms with Crippen LogP contribution in [0.1, 0.15) is 48.2 Å². The second-order valence-electron chi connectivity index (χ2n) is 7.92. The van der Waals surface area contributed by atoms with Gasteiger partial charge < -0.3 is 10.2 Å². The number of halogens is 2. The number of hydrogen-bond donors (Lipinski definition) is 1. The van der Waals surface area contributed by atoms with Gasteiger partial charge in [0, 0.05) is 31.0 Å². The number of aromatic nitrogens is 2. The van der Waals surface area contributed by atoms with Crippen molar-refractivity contribution in [2.24, 2.45) is 0 Å². The molecule has 1 aliphatic carbocycles. The molecule has 31 heavy (non-hydrogen) atoms. The van der Waals surface area contributed by atoms with Crippen LogP contribution in [0.15, 0.2) is 47.4 Å². The number of rotatable bonds is 5. The average Bonchev–Trinajstić information content (AvgIpc) is 2.78. The molecule has 1 fully saturated rings. The lowest BCUT2D eigenvalue weighted by molar-refractivity contribution is 0.0696. The first-order valence-corrected chi connectivity index (χ1v) is 11.2. The van der Waals surface area contributed by atoms with E-state index in [0.29, 0.717) is 33.5 Å². The fourth-order valence-corrected chi connectivity index (χ4v) is 4.45. The molecule has 2 heterocycles. The summed E-state index contributed by atoms with van der Waals surface area (Å²) in [6, 6.07) is 10.4. The zero-order valence-corrected chi connectivity index (χ0v) is 18.8. The van der Waals surface area contributed by atoms with Gasteiger partial charge in [0.1, 0.15) is 5.65 Å². The Kier molecular flexibility index (Phi) is 6.49. The Hall–Kier alpha value is -2.57. The first kappa shape index (κ1) is 21.7. The van der Waals surface area contributed by atoms with E-state index in [1.165, 1.54) is 16.9 Å². The van der Waals surface area contributed by atoms with Crippen molar-refractivity contribution in [2.45, 2.75) is 44.7 Å². The smallest absolute Gasteiger partial charge is 0.258 e. The normalized spacial score (nSPS) is 14.5. The van der Waals surface area contributed by atoms with Gasteiger partial charge in [-0.05, 0) is 43.2 Å². The summed E-state index contributed by atoms with van der Waals surface area (Å²) in [6.07, 6.45) is 7.21. The molecule has 1 aliphatic rings. The number of carbonyl (C=O) groups is 1. The molecule has 1 saturated carbocycles. The highest BCUT2D eigenvalue weighted by Gasteiger charge is 2.24. The van der Waals surface area contributed by atoms with Gasteiger partial charge in [0.05, 0.1) is 27.8 Å². The zero-order valence-electron chi connectivity index (χ0n) is 17.3. The molecule has 0 aliphatic heterocycles. The first-order valence-electron chi connectivity index (χ1n) is 10.4. The van der Waals surface area contributed by atoms with Crippen molar-refractivity contribution >= 4 is 40.4 Å². The summed E-state index contributed by atoms with van der Waals surface area (Å²) in [5.74, 6) is -0.0497. The van der Waals surface area contributed by atoms with Crippen LogP contribution in [0.4, 0.5) is 5.69 Å². The molecule has 0 radical (unpaired) electrons. The summed E-state index contributed by atoms with van der Waals surface area (Å²) in [6.45, 7) is 0.347. The van der Waals surface area contributed by atoms with Crippen LogP contribution >= 0.6 is 23.2 Å². The number of anilines is 1. The SMILES string of the molecule is CN(C(=O)c1ccc(NCc2cc(=O)n3cc(Cl)ccc3n2)cc1Cl)C1CCCCC1. The maximum atomic E-state index is 12.9. The van der Waals surface area contributed by atoms with E-state index in [1.54, 1.807) is 30.5 Å². The lowest BCUT2D eigenvalue weighted by Crippen LogP contribution is -2.38. The molecule has 0 bridgehead atoms. The zero-order chi connectivity index (χ0) is 22.0. The Morgan fingerprint density at radius 2 is 1.94 bits per heavy atom. The predicted molar refractivity (Wildman–Crippen MR) is 124 cm³/mol. The van der Waals surface area contributed by atoms with Crippen LogP contribution in [-0.4, -0.2) is 33.3 Å². The number of pyridine rings is 1. The molecule has 162 valence electrons. The number of hydrogen-bond acceptors (Lipinski definition) is 4. The van der Waals surface area contributed by atoms with E-state index in [4.69, 9.17) is 23.2 Å². The summed E-state index contributed by atoms with van der Waals surface area (Å²) >= 11 is 12.4. The Morgan fingerprint density at radius 3 is 2.68 bits per heavy atom. The Balaban J connectivity index is 1.46. The fourth-order valence-electron chi connectivity index (χ4n) is 4.03. The Labute approximate surface area is 190 Å². The Morgan fingerprint density at radius 1 is 1.16 bits per heavy atom. The molecule has 0 unspecified atom stereocenters. The van der Waals surface area contributed by atoms with Crippen LogP contribution < -0.4 is 10.9 Å². The van der Waals surface area contributed by atoms with Gasteiger partial charge in [0.2, 0.25) is 0 Å². The standard InChI is InChI=1S/C23H24Cl2N4O2/c1-28(18-5-3-2-4-6-18)23(31)19-9-8-16(11-20(19)25)26-13-17-12-22(30)29-14-15(24)7-10-21(29)27-17/h7-12,14,18,26H,2-6,13H2,1H3. The van der Waals surface area contributed by atoms with Crippen molar-refractivity contribution in [2.75, 3.05) is 12.4 Å². The van der Waals surface area contributed by atoms with E-state index < -0.39 is 0 Å². The van der Waals surface area contributed by atoms with Crippen molar-refractivity contribution in [3.8, 4) is 0 Å². The van der Waals surface area contributed by atoms with Gasteiger partial charge in [-0.2, -0.15) is 0 Å². The van der Waals surface area contributed by atoms with Crippen LogP contribution in [-0.2, 0) is 6.54 Å². The third-order valence-electron chi connectivity index (χ3n) is 5.79. The summed E-state index contributed by atoms with van der Waals surface area (Å²) < 4.78 is 1.41. The highest BCUT2D eigenvalue weighted by molar-refractivity contribution is 6.34. The largest absolute Gasteiger partial charge is 0.379 e. The van der Waals surface area contributed by atoms with Gasteiger partial charge >= 0.3 is 0 Å². The molecule has 3 aromatic rings. The maximum absolute atomic E-state index is 12.9. The summed E-state index contributed by atoms with van der Waals surface area (Å²) in [4.78, 5) is 31.5. The van der Waals surface area contributed by atoms with E-state index in [1.807, 2.05) is 18.0 Å². The van der Waals surface area contributed by atoms with Crippen LogP contribution in [0.5, 0.6) is 0 Å². The molecular weight excluding hydrogens is 435 g/mol. The van der Waals surface area contributed by atoms with Crippen molar-refractivity contribution in [1.29, 1.82) is 0 Å². The minimum Gasteiger partial charge on any atom is -0.379 e. The third kappa shape index (κ3) is 4.86. The molecule has 0 atom stereocenters. The van der Waals surface area contributed by atoms with Gasteiger partial charge in [-0.3, -0.25) is 14.0 Å². The molecule has 1 amide bonds. The molecule has 4 rings (SSSR count). The van der Waals surface area contributed by atoms with Gasteiger partial charge in [0.25, 0.3) is 11.5 Å². The molecule has 1 N–H and O–H groups in total. The number of fused-ring (bicyclic) bond motifs is 1. The van der Waals surface area contributed by atoms with Crippen LogP contribution in [0, 0.1) is 0 Å². The van der Waals surface area contributed by atoms with E-state index >= 15 is 0 Å². The molecular formula is C23H24Cl2N4O2. The van der Waals surface area contributed by atoms with Gasteiger partial charge in [-0.15, -0.1) is 0 Å². The number of benzene rings is 1. The van der Waals surface area contributed by atoms with Crippen molar-refractivity contribution in [3.05, 3.63) is 74.3 Å². The lowest BCUT2D eigenvalue weighted by atomic mass is 9.94. The quantitative estimate of drug-likeness (QED) is 0.582. The van der Waals surface area contributed by atoms with E-state index in [2.05, 4.69) is 10.3 Å². The van der Waals surface area contributed by atoms with Gasteiger partial charge in [-0.25, -0.2) is 4.98 Å². The first-order chi connectivity index (χ1) is 14.9. The predicted octanol–water partition coefficient (Wildman–Crippen LogP) is 5.02. The maximum Gasteiger partial charge on any atom is 0.258 e. The minimum atomic E-state index is -0.200. The third-order valence-corrected chi connectivity index (χ3v) is 6.33. The van der Waals surface area contributed by atoms with E-state index in [-0.39, 0.29) is 17.5 Å². The summed E-state index contributed by atoms with van der Waals surface area (Å²) in [7, 11) is 1.86. The lowest BCUT2D eigenvalue weighted by Gasteiger charge is -2.31. The molecule has 0 spiro atoms. The number of amides is 1. The minimum absolute atomic E-state index is 0.0497. The fraction of sp³-hybridized carbons (Fsp3) is 0.348. The number of carbonyl (C=O) groups excluding carboxylic acids is 1. The van der Waals surface area contributed by atoms with Crippen LogP contribution in [0.25, 0.3) is 5.65 Å². The van der Waals surface area contributed by atoms with Gasteiger partial charge in [0.15, 0.2) is 0 Å². The Bertz CT molecular complexity index is 1170. The second kappa shape index (κ2) is 9.28. The number of nitrogens with zero attached hydrogens (tertiary/aromatic N) is 3. The monoisotopic (exact) mass is 458 g/mol. The highest BCUT2D eigenvalue weighted by atomic mass is 35.5. The molecule has 0 saturated heterocycles. The molecule has 1 aromatic carbocycles. The van der Waals surface area contributed by atoms with Crippen molar-refractivity contribution in [1.82, 2.24) is 14.3 Å². The van der Waals surface area contributed by atoms with Gasteiger partial charge in [-0.1, -0.05) is 42.5 Å². The summed E-state index contributed by atoms with van der Waals surface area (Å²) in [5.41, 5.74) is 2.17. The highest BCUT2D eigenvalue weighted by Crippen LogP contribution is 2.26. The molecule has 2 aromatic heterocycles. The van der Waals surface area contributed by atoms with Crippen LogP contribution in [0.2, 0.25) is 10.0 Å². The average molecular weight is 459 g/mol. The van der Waals surface area contributed by atoms with Crippen molar-refractivity contribution in [3.63, 3.8) is 0 Å². The van der Waals surface area contributed by atoms with Crippen LogP contribution in [0.3, 0.4) is 0 Å². The van der Waals surface area contributed by atoms with Crippen molar-refractivity contribution < 1.29 is 4.79 Å². The molecule has 8 heteroatoms. The second-order valence-corrected chi connectivity index (χ2v) is 8.76. The topological polar surface area (TPSA) is 66.7 Å². The van der Waals surface area contributed by atoms with E-state index in [0.717, 1.165) is 31.4 Å².